The van der Waals surface area contributed by atoms with Crippen LogP contribution in [0.5, 0.6) is 5.88 Å². The molecule has 0 radical (unpaired) electrons. The summed E-state index contributed by atoms with van der Waals surface area (Å²) in [5.74, 6) is 0.134. The van der Waals surface area contributed by atoms with Gasteiger partial charge in [-0.2, -0.15) is 5.10 Å². The van der Waals surface area contributed by atoms with Crippen LogP contribution in [-0.2, 0) is 0 Å². The average Bonchev–Trinajstić information content (AvgIpc) is 2.71. The van der Waals surface area contributed by atoms with E-state index >= 15 is 0 Å². The van der Waals surface area contributed by atoms with Gasteiger partial charge in [-0.25, -0.2) is 5.10 Å². The molecule has 1 heterocycles. The quantitative estimate of drug-likeness (QED) is 0.848. The third-order valence-electron chi connectivity index (χ3n) is 2.38. The van der Waals surface area contributed by atoms with Crippen LogP contribution >= 0.6 is 0 Å². The minimum Gasteiger partial charge on any atom is -0.481 e. The molecule has 0 unspecified atom stereocenters. The highest BCUT2D eigenvalue weighted by atomic mass is 16.5. The molecule has 1 aromatic carbocycles. The Morgan fingerprint density at radius 3 is 2.71 bits per heavy atom. The molecular weight excluding hydrogens is 218 g/mol. The summed E-state index contributed by atoms with van der Waals surface area (Å²) >= 11 is 0. The summed E-state index contributed by atoms with van der Waals surface area (Å²) in [6.45, 7) is 1.75. The number of hydrogen-bond acceptors (Lipinski definition) is 3. The molecule has 0 atom stereocenters. The zero-order chi connectivity index (χ0) is 12.3. The van der Waals surface area contributed by atoms with Gasteiger partial charge in [-0.15, -0.1) is 0 Å². The summed E-state index contributed by atoms with van der Waals surface area (Å²) < 4.78 is 5.05. The Morgan fingerprint density at radius 1 is 1.35 bits per heavy atom. The van der Waals surface area contributed by atoms with Crippen molar-refractivity contribution in [2.24, 2.45) is 0 Å². The Kier molecular flexibility index (Phi) is 3.09. The number of ether oxygens (including phenoxy) is 1. The van der Waals surface area contributed by atoms with Crippen molar-refractivity contribution in [3.8, 4) is 5.88 Å². The van der Waals surface area contributed by atoms with Gasteiger partial charge in [0.15, 0.2) is 0 Å². The molecule has 2 aromatic rings. The fourth-order valence-corrected chi connectivity index (χ4v) is 1.54. The van der Waals surface area contributed by atoms with E-state index in [0.717, 1.165) is 5.69 Å². The minimum absolute atomic E-state index is 0.237. The first kappa shape index (κ1) is 11.2. The number of methoxy groups -OCH3 is 1. The molecule has 1 aromatic heterocycles. The third-order valence-corrected chi connectivity index (χ3v) is 2.38. The lowest BCUT2D eigenvalue weighted by Gasteiger charge is -2.05. The molecule has 17 heavy (non-hydrogen) atoms. The summed E-state index contributed by atoms with van der Waals surface area (Å²) in [5, 5.41) is 9.38. The number of nitrogens with zero attached hydrogens (tertiary/aromatic N) is 1. The van der Waals surface area contributed by atoms with Crippen LogP contribution in [0.2, 0.25) is 0 Å². The smallest absolute Gasteiger partial charge is 0.263 e. The standard InChI is InChI=1S/C12H13N3O2/c1-8-10(12(17-2)15-14-8)11(16)13-9-6-4-3-5-7-9/h3-7H,1-2H3,(H,13,16)(H,14,15). The first-order valence-electron chi connectivity index (χ1n) is 5.17. The van der Waals surface area contributed by atoms with E-state index in [4.69, 9.17) is 4.74 Å². The first-order chi connectivity index (χ1) is 8.22. The van der Waals surface area contributed by atoms with Crippen LogP contribution in [0.4, 0.5) is 5.69 Å². The van der Waals surface area contributed by atoms with Crippen molar-refractivity contribution in [3.63, 3.8) is 0 Å². The number of benzene rings is 1. The molecule has 0 aliphatic carbocycles. The molecule has 5 heteroatoms. The molecule has 0 bridgehead atoms. The van der Waals surface area contributed by atoms with Crippen molar-refractivity contribution in [2.75, 3.05) is 12.4 Å². The molecule has 1 amide bonds. The molecular formula is C12H13N3O2. The van der Waals surface area contributed by atoms with Gasteiger partial charge in [0, 0.05) is 5.69 Å². The second-order valence-corrected chi connectivity index (χ2v) is 3.54. The van der Waals surface area contributed by atoms with Gasteiger partial charge in [-0.3, -0.25) is 4.79 Å². The van der Waals surface area contributed by atoms with Crippen molar-refractivity contribution in [3.05, 3.63) is 41.6 Å². The number of anilines is 1. The van der Waals surface area contributed by atoms with E-state index in [1.165, 1.54) is 7.11 Å². The number of para-hydroxylation sites is 1. The molecule has 2 rings (SSSR count). The molecule has 5 nitrogen and oxygen atoms in total. The maximum atomic E-state index is 12.0. The Hall–Kier alpha value is -2.30. The van der Waals surface area contributed by atoms with Crippen molar-refractivity contribution in [1.29, 1.82) is 0 Å². The van der Waals surface area contributed by atoms with Gasteiger partial charge in [0.25, 0.3) is 5.91 Å². The lowest BCUT2D eigenvalue weighted by atomic mass is 10.2. The SMILES string of the molecule is COc1[nH]nc(C)c1C(=O)Nc1ccccc1. The van der Waals surface area contributed by atoms with Gasteiger partial charge < -0.3 is 10.1 Å². The van der Waals surface area contributed by atoms with Gasteiger partial charge in [0.2, 0.25) is 5.88 Å². The number of carbonyl (C=O) groups excluding carboxylic acids is 1. The normalized spacial score (nSPS) is 10.0. The number of hydrogen-bond donors (Lipinski definition) is 2. The topological polar surface area (TPSA) is 67.0 Å². The van der Waals surface area contributed by atoms with Gasteiger partial charge in [0.1, 0.15) is 5.56 Å². The van der Waals surface area contributed by atoms with Gasteiger partial charge in [-0.05, 0) is 19.1 Å². The predicted octanol–water partition coefficient (Wildman–Crippen LogP) is 1.98. The molecule has 2 N–H and O–H groups in total. The van der Waals surface area contributed by atoms with Crippen LogP contribution in [-0.4, -0.2) is 23.2 Å². The summed E-state index contributed by atoms with van der Waals surface area (Å²) in [4.78, 5) is 12.0. The van der Waals surface area contributed by atoms with E-state index in [1.54, 1.807) is 6.92 Å². The molecule has 0 fully saturated rings. The minimum atomic E-state index is -0.237. The zero-order valence-corrected chi connectivity index (χ0v) is 9.65. The number of aromatic nitrogens is 2. The highest BCUT2D eigenvalue weighted by Gasteiger charge is 2.18. The van der Waals surface area contributed by atoms with Crippen LogP contribution in [0.15, 0.2) is 30.3 Å². The molecule has 0 aliphatic rings. The van der Waals surface area contributed by atoms with Gasteiger partial charge in [-0.1, -0.05) is 18.2 Å². The molecule has 0 spiro atoms. The fourth-order valence-electron chi connectivity index (χ4n) is 1.54. The molecule has 0 saturated carbocycles. The van der Waals surface area contributed by atoms with E-state index in [1.807, 2.05) is 30.3 Å². The maximum absolute atomic E-state index is 12.0. The Morgan fingerprint density at radius 2 is 2.06 bits per heavy atom. The number of amides is 1. The maximum Gasteiger partial charge on any atom is 0.263 e. The Bertz CT molecular complexity index is 520. The zero-order valence-electron chi connectivity index (χ0n) is 9.65. The van der Waals surface area contributed by atoms with Crippen molar-refractivity contribution < 1.29 is 9.53 Å². The second-order valence-electron chi connectivity index (χ2n) is 3.54. The predicted molar refractivity (Wildman–Crippen MR) is 64.3 cm³/mol. The van der Waals surface area contributed by atoms with Crippen molar-refractivity contribution in [2.45, 2.75) is 6.92 Å². The van der Waals surface area contributed by atoms with Crippen LogP contribution < -0.4 is 10.1 Å². The number of nitrogens with one attached hydrogen (secondary N) is 2. The number of aryl methyl sites for hydroxylation is 1. The molecule has 0 saturated heterocycles. The Balaban J connectivity index is 2.23. The van der Waals surface area contributed by atoms with E-state index in [0.29, 0.717) is 17.1 Å². The molecule has 0 aliphatic heterocycles. The highest BCUT2D eigenvalue weighted by molar-refractivity contribution is 6.06. The fraction of sp³-hybridized carbons (Fsp3) is 0.167. The largest absolute Gasteiger partial charge is 0.481 e. The van der Waals surface area contributed by atoms with Gasteiger partial charge >= 0.3 is 0 Å². The van der Waals surface area contributed by atoms with E-state index in [-0.39, 0.29) is 5.91 Å². The first-order valence-corrected chi connectivity index (χ1v) is 5.17. The molecule has 88 valence electrons. The van der Waals surface area contributed by atoms with E-state index in [9.17, 15) is 4.79 Å². The van der Waals surface area contributed by atoms with Crippen molar-refractivity contribution >= 4 is 11.6 Å². The van der Waals surface area contributed by atoms with Crippen LogP contribution in [0.1, 0.15) is 16.1 Å². The van der Waals surface area contributed by atoms with Crippen LogP contribution in [0.3, 0.4) is 0 Å². The lowest BCUT2D eigenvalue weighted by Crippen LogP contribution is -2.13. The summed E-state index contributed by atoms with van der Waals surface area (Å²) in [6, 6.07) is 9.24. The van der Waals surface area contributed by atoms with Crippen molar-refractivity contribution in [1.82, 2.24) is 10.2 Å². The lowest BCUT2D eigenvalue weighted by molar-refractivity contribution is 0.102. The summed E-state index contributed by atoms with van der Waals surface area (Å²) in [5.41, 5.74) is 1.77. The monoisotopic (exact) mass is 231 g/mol. The average molecular weight is 231 g/mol. The van der Waals surface area contributed by atoms with E-state index in [2.05, 4.69) is 15.5 Å². The number of aromatic amines is 1. The van der Waals surface area contributed by atoms with E-state index < -0.39 is 0 Å². The van der Waals surface area contributed by atoms with Crippen LogP contribution in [0, 0.1) is 6.92 Å². The van der Waals surface area contributed by atoms with Gasteiger partial charge in [0.05, 0.1) is 12.8 Å². The van der Waals surface area contributed by atoms with Crippen LogP contribution in [0.25, 0.3) is 0 Å². The number of H-pyrrole nitrogens is 1. The third kappa shape index (κ3) is 2.28. The Labute approximate surface area is 98.8 Å². The summed E-state index contributed by atoms with van der Waals surface area (Å²) in [7, 11) is 1.49. The number of rotatable bonds is 3. The number of carbonyl (C=O) groups is 1. The summed E-state index contributed by atoms with van der Waals surface area (Å²) in [6.07, 6.45) is 0. The highest BCUT2D eigenvalue weighted by Crippen LogP contribution is 2.19. The second kappa shape index (κ2) is 4.69.